The van der Waals surface area contributed by atoms with E-state index < -0.39 is 11.6 Å². The van der Waals surface area contributed by atoms with Crippen molar-refractivity contribution in [1.29, 1.82) is 0 Å². The Bertz CT molecular complexity index is 374. The molecule has 17 heavy (non-hydrogen) atoms. The lowest BCUT2D eigenvalue weighted by Crippen LogP contribution is -2.30. The zero-order valence-electron chi connectivity index (χ0n) is 10.8. The van der Waals surface area contributed by atoms with E-state index in [-0.39, 0.29) is 17.6 Å². The minimum absolute atomic E-state index is 0.0112. The molecule has 4 heteroatoms. The average Bonchev–Trinajstić information content (AvgIpc) is 2.13. The van der Waals surface area contributed by atoms with E-state index in [1.807, 2.05) is 20.8 Å². The maximum Gasteiger partial charge on any atom is 0.149 e. The Morgan fingerprint density at radius 3 is 2.00 bits per heavy atom. The number of rotatable bonds is 3. The van der Waals surface area contributed by atoms with Crippen LogP contribution in [0.2, 0.25) is 0 Å². The van der Waals surface area contributed by atoms with E-state index in [1.54, 1.807) is 11.9 Å². The largest absolute Gasteiger partial charge is 0.369 e. The Morgan fingerprint density at radius 2 is 1.65 bits per heavy atom. The van der Waals surface area contributed by atoms with Crippen LogP contribution in [0.5, 0.6) is 0 Å². The van der Waals surface area contributed by atoms with Gasteiger partial charge in [-0.1, -0.05) is 20.8 Å². The summed E-state index contributed by atoms with van der Waals surface area (Å²) in [5, 5.41) is 0. The second kappa shape index (κ2) is 5.00. The highest BCUT2D eigenvalue weighted by Gasteiger charge is 2.20. The Balaban J connectivity index is 3.06. The number of nitrogens with two attached hydrogens (primary N) is 1. The monoisotopic (exact) mass is 242 g/mol. The van der Waals surface area contributed by atoms with Gasteiger partial charge in [-0.15, -0.1) is 0 Å². The van der Waals surface area contributed by atoms with Gasteiger partial charge >= 0.3 is 0 Å². The number of anilines is 1. The zero-order chi connectivity index (χ0) is 13.2. The van der Waals surface area contributed by atoms with Gasteiger partial charge in [-0.05, 0) is 23.1 Å². The number of benzene rings is 1. The van der Waals surface area contributed by atoms with Gasteiger partial charge in [-0.3, -0.25) is 0 Å². The molecule has 0 atom stereocenters. The standard InChI is InChI=1S/C13H20F2N2/c1-13(2,3)8-17(4)12-10(14)5-9(7-16)6-11(12)15/h5-6H,7-8,16H2,1-4H3. The van der Waals surface area contributed by atoms with E-state index in [1.165, 1.54) is 12.1 Å². The van der Waals surface area contributed by atoms with E-state index in [0.29, 0.717) is 12.1 Å². The van der Waals surface area contributed by atoms with Gasteiger partial charge in [0.05, 0.1) is 0 Å². The summed E-state index contributed by atoms with van der Waals surface area (Å²) in [5.41, 5.74) is 5.82. The summed E-state index contributed by atoms with van der Waals surface area (Å²) in [5.74, 6) is -1.12. The van der Waals surface area contributed by atoms with Gasteiger partial charge in [0, 0.05) is 20.1 Å². The third-order valence-electron chi connectivity index (χ3n) is 2.41. The number of hydrogen-bond acceptors (Lipinski definition) is 2. The van der Waals surface area contributed by atoms with Crippen LogP contribution in [0.4, 0.5) is 14.5 Å². The molecule has 96 valence electrons. The third-order valence-corrected chi connectivity index (χ3v) is 2.41. The second-order valence-electron chi connectivity index (χ2n) is 5.53. The fourth-order valence-corrected chi connectivity index (χ4v) is 1.89. The van der Waals surface area contributed by atoms with Gasteiger partial charge in [-0.2, -0.15) is 0 Å². The predicted molar refractivity (Wildman–Crippen MR) is 67.0 cm³/mol. The molecule has 1 aromatic carbocycles. The van der Waals surface area contributed by atoms with Crippen molar-refractivity contribution in [1.82, 2.24) is 0 Å². The van der Waals surface area contributed by atoms with Crippen LogP contribution >= 0.6 is 0 Å². The quantitative estimate of drug-likeness (QED) is 0.883. The third kappa shape index (κ3) is 3.66. The summed E-state index contributed by atoms with van der Waals surface area (Å²) in [7, 11) is 1.69. The molecule has 1 aromatic rings. The van der Waals surface area contributed by atoms with Crippen molar-refractivity contribution in [3.05, 3.63) is 29.3 Å². The summed E-state index contributed by atoms with van der Waals surface area (Å²) in [6.07, 6.45) is 0. The van der Waals surface area contributed by atoms with Gasteiger partial charge < -0.3 is 10.6 Å². The molecule has 0 unspecified atom stereocenters. The van der Waals surface area contributed by atoms with Crippen LogP contribution in [-0.2, 0) is 6.54 Å². The highest BCUT2D eigenvalue weighted by molar-refractivity contribution is 5.50. The van der Waals surface area contributed by atoms with Crippen LogP contribution in [-0.4, -0.2) is 13.6 Å². The number of nitrogens with zero attached hydrogens (tertiary/aromatic N) is 1. The van der Waals surface area contributed by atoms with Crippen molar-refractivity contribution >= 4 is 5.69 Å². The van der Waals surface area contributed by atoms with Crippen molar-refractivity contribution in [2.24, 2.45) is 11.1 Å². The van der Waals surface area contributed by atoms with Gasteiger partial charge in [0.25, 0.3) is 0 Å². The molecule has 0 fully saturated rings. The first-order chi connectivity index (χ1) is 7.74. The first kappa shape index (κ1) is 13.9. The van der Waals surface area contributed by atoms with Gasteiger partial charge in [0.1, 0.15) is 17.3 Å². The molecule has 1 rings (SSSR count). The van der Waals surface area contributed by atoms with Crippen LogP contribution in [0.25, 0.3) is 0 Å². The van der Waals surface area contributed by atoms with Crippen LogP contribution in [0.3, 0.4) is 0 Å². The molecule has 0 aliphatic heterocycles. The molecule has 0 aliphatic carbocycles. The summed E-state index contributed by atoms with van der Waals surface area (Å²) in [6.45, 7) is 6.77. The maximum atomic E-state index is 13.8. The Kier molecular flexibility index (Phi) is 4.09. The molecule has 2 nitrogen and oxygen atoms in total. The maximum absolute atomic E-state index is 13.8. The topological polar surface area (TPSA) is 29.3 Å². The Labute approximate surface area is 101 Å². The predicted octanol–water partition coefficient (Wildman–Crippen LogP) is 2.91. The van der Waals surface area contributed by atoms with Crippen LogP contribution < -0.4 is 10.6 Å². The highest BCUT2D eigenvalue weighted by atomic mass is 19.1. The Hall–Kier alpha value is -1.16. The van der Waals surface area contributed by atoms with Gasteiger partial charge in [-0.25, -0.2) is 8.78 Å². The minimum Gasteiger partial charge on any atom is -0.369 e. The average molecular weight is 242 g/mol. The van der Waals surface area contributed by atoms with Crippen LogP contribution in [0.15, 0.2) is 12.1 Å². The molecule has 0 aliphatic rings. The molecule has 0 radical (unpaired) electrons. The van der Waals surface area contributed by atoms with E-state index in [2.05, 4.69) is 0 Å². The SMILES string of the molecule is CN(CC(C)(C)C)c1c(F)cc(CN)cc1F. The van der Waals surface area contributed by atoms with Crippen molar-refractivity contribution < 1.29 is 8.78 Å². The van der Waals surface area contributed by atoms with Gasteiger partial charge in [0.2, 0.25) is 0 Å². The van der Waals surface area contributed by atoms with Crippen molar-refractivity contribution in [2.45, 2.75) is 27.3 Å². The fourth-order valence-electron chi connectivity index (χ4n) is 1.89. The van der Waals surface area contributed by atoms with E-state index >= 15 is 0 Å². The first-order valence-electron chi connectivity index (χ1n) is 5.64. The van der Waals surface area contributed by atoms with E-state index in [9.17, 15) is 8.78 Å². The number of halogens is 2. The molecule has 0 aromatic heterocycles. The molecule has 0 bridgehead atoms. The Morgan fingerprint density at radius 1 is 1.18 bits per heavy atom. The zero-order valence-corrected chi connectivity index (χ0v) is 10.8. The molecule has 0 saturated carbocycles. The molecular formula is C13H20F2N2. The van der Waals surface area contributed by atoms with Crippen LogP contribution in [0.1, 0.15) is 26.3 Å². The molecular weight excluding hydrogens is 222 g/mol. The summed E-state index contributed by atoms with van der Waals surface area (Å²) >= 11 is 0. The lowest BCUT2D eigenvalue weighted by Gasteiger charge is -2.28. The molecule has 0 amide bonds. The number of hydrogen-bond donors (Lipinski definition) is 1. The normalized spacial score (nSPS) is 11.7. The van der Waals surface area contributed by atoms with Crippen molar-refractivity contribution in [2.75, 3.05) is 18.5 Å². The summed E-state index contributed by atoms with van der Waals surface area (Å²) in [4.78, 5) is 1.60. The lowest BCUT2D eigenvalue weighted by molar-refractivity contribution is 0.414. The van der Waals surface area contributed by atoms with Crippen LogP contribution in [0, 0.1) is 17.0 Å². The van der Waals surface area contributed by atoms with Crippen molar-refractivity contribution in [3.63, 3.8) is 0 Å². The minimum atomic E-state index is -0.558. The molecule has 0 saturated heterocycles. The smallest absolute Gasteiger partial charge is 0.149 e. The van der Waals surface area contributed by atoms with E-state index in [4.69, 9.17) is 5.73 Å². The van der Waals surface area contributed by atoms with E-state index in [0.717, 1.165) is 0 Å². The lowest BCUT2D eigenvalue weighted by atomic mass is 9.96. The molecule has 2 N–H and O–H groups in total. The summed E-state index contributed by atoms with van der Waals surface area (Å²) < 4.78 is 27.6. The second-order valence-corrected chi connectivity index (χ2v) is 5.53. The fraction of sp³-hybridized carbons (Fsp3) is 0.538. The van der Waals surface area contributed by atoms with Crippen molar-refractivity contribution in [3.8, 4) is 0 Å². The molecule has 0 spiro atoms. The first-order valence-corrected chi connectivity index (χ1v) is 5.64. The summed E-state index contributed by atoms with van der Waals surface area (Å²) in [6, 6.07) is 2.58. The van der Waals surface area contributed by atoms with Gasteiger partial charge in [0.15, 0.2) is 0 Å². The highest BCUT2D eigenvalue weighted by Crippen LogP contribution is 2.26. The molecule has 0 heterocycles.